The first-order chi connectivity index (χ1) is 14.2. The Morgan fingerprint density at radius 3 is 2.31 bits per heavy atom. The molecule has 3 N–H and O–H groups in total. The predicted molar refractivity (Wildman–Crippen MR) is 108 cm³/mol. The number of nitrogens with zero attached hydrogens (tertiary/aromatic N) is 1. The Morgan fingerprint density at radius 2 is 1.62 bits per heavy atom. The van der Waals surface area contributed by atoms with Gasteiger partial charge in [0.2, 0.25) is 0 Å². The fourth-order valence-electron chi connectivity index (χ4n) is 2.90. The number of imidazole rings is 1. The number of ether oxygens (including phenoxy) is 2. The summed E-state index contributed by atoms with van der Waals surface area (Å²) in [4.78, 5) is 19.3. The van der Waals surface area contributed by atoms with Gasteiger partial charge in [0.1, 0.15) is 30.5 Å². The average molecular weight is 389 g/mol. The molecule has 4 aromatic rings. The number of carbonyl (C=O) groups excluding carboxylic acids is 1. The van der Waals surface area contributed by atoms with Crippen LogP contribution in [0.4, 0.5) is 0 Å². The topological polar surface area (TPSA) is 96.5 Å². The van der Waals surface area contributed by atoms with Crippen LogP contribution in [0.5, 0.6) is 11.5 Å². The highest BCUT2D eigenvalue weighted by atomic mass is 16.5. The van der Waals surface area contributed by atoms with Gasteiger partial charge in [-0.2, -0.15) is 0 Å². The average Bonchev–Trinajstić information content (AvgIpc) is 3.20. The minimum atomic E-state index is -0.569. The van der Waals surface area contributed by atoms with E-state index in [9.17, 15) is 4.79 Å². The second kappa shape index (κ2) is 8.45. The van der Waals surface area contributed by atoms with Crippen molar-refractivity contribution in [3.05, 3.63) is 78.4 Å². The zero-order valence-corrected chi connectivity index (χ0v) is 15.5. The van der Waals surface area contributed by atoms with Gasteiger partial charge in [-0.25, -0.2) is 10.5 Å². The molecule has 0 unspecified atom stereocenters. The molecule has 7 nitrogen and oxygen atoms in total. The number of benzene rings is 3. The summed E-state index contributed by atoms with van der Waals surface area (Å²) in [5.74, 6) is 1.67. The second-order valence-electron chi connectivity index (χ2n) is 6.29. The lowest BCUT2D eigenvalue weighted by Gasteiger charge is -2.08. The molecule has 3 aromatic carbocycles. The number of rotatable bonds is 7. The van der Waals surface area contributed by atoms with E-state index < -0.39 is 5.91 Å². The van der Waals surface area contributed by atoms with Gasteiger partial charge >= 0.3 is 0 Å². The van der Waals surface area contributed by atoms with Crippen LogP contribution in [0.15, 0.2) is 72.8 Å². The van der Waals surface area contributed by atoms with E-state index in [0.29, 0.717) is 30.1 Å². The van der Waals surface area contributed by atoms with Crippen molar-refractivity contribution >= 4 is 16.9 Å². The summed E-state index contributed by atoms with van der Waals surface area (Å²) in [6.45, 7) is 0.896. The van der Waals surface area contributed by atoms with Crippen molar-refractivity contribution in [2.75, 3.05) is 13.2 Å². The van der Waals surface area contributed by atoms with E-state index in [1.54, 1.807) is 23.7 Å². The molecule has 0 aliphatic heterocycles. The molecule has 1 aromatic heterocycles. The number of aromatic nitrogens is 2. The highest BCUT2D eigenvalue weighted by Crippen LogP contribution is 2.23. The van der Waals surface area contributed by atoms with Crippen LogP contribution < -0.4 is 15.0 Å². The van der Waals surface area contributed by atoms with Crippen LogP contribution in [0.25, 0.3) is 22.4 Å². The fraction of sp³-hybridized carbons (Fsp3) is 0.0909. The zero-order chi connectivity index (χ0) is 20.1. The van der Waals surface area contributed by atoms with Crippen LogP contribution in [0.3, 0.4) is 0 Å². The van der Waals surface area contributed by atoms with Crippen LogP contribution in [-0.2, 0) is 0 Å². The Kier molecular flexibility index (Phi) is 5.40. The molecule has 0 aliphatic rings. The molecular formula is C22H19N3O4. The van der Waals surface area contributed by atoms with Crippen molar-refractivity contribution in [1.29, 1.82) is 0 Å². The first-order valence-electron chi connectivity index (χ1n) is 9.08. The van der Waals surface area contributed by atoms with Gasteiger partial charge in [-0.1, -0.05) is 18.2 Å². The van der Waals surface area contributed by atoms with Crippen LogP contribution in [0.1, 0.15) is 10.4 Å². The number of hydroxylamine groups is 1. The normalized spacial score (nSPS) is 10.7. The van der Waals surface area contributed by atoms with Gasteiger partial charge in [-0.3, -0.25) is 10.0 Å². The first-order valence-corrected chi connectivity index (χ1v) is 9.08. The molecule has 0 saturated heterocycles. The SMILES string of the molecule is O=C(NO)c1ccc2nc(-c3ccc(OCCOc4ccccc4)cc3)[nH]c2c1. The molecule has 1 amide bonds. The summed E-state index contributed by atoms with van der Waals surface area (Å²) in [5.41, 5.74) is 4.30. The summed E-state index contributed by atoms with van der Waals surface area (Å²) in [6.07, 6.45) is 0. The number of nitrogens with one attached hydrogen (secondary N) is 2. The maximum Gasteiger partial charge on any atom is 0.274 e. The molecule has 0 bridgehead atoms. The third-order valence-electron chi connectivity index (χ3n) is 4.34. The summed E-state index contributed by atoms with van der Waals surface area (Å²) in [6, 6.07) is 22.1. The maximum absolute atomic E-state index is 11.5. The quantitative estimate of drug-likeness (QED) is 0.254. The molecule has 1 heterocycles. The summed E-state index contributed by atoms with van der Waals surface area (Å²) in [5, 5.41) is 8.76. The second-order valence-corrected chi connectivity index (χ2v) is 6.29. The lowest BCUT2D eigenvalue weighted by molar-refractivity contribution is 0.0706. The van der Waals surface area contributed by atoms with Gasteiger partial charge in [0, 0.05) is 11.1 Å². The van der Waals surface area contributed by atoms with Crippen LogP contribution in [-0.4, -0.2) is 34.3 Å². The number of H-pyrrole nitrogens is 1. The van der Waals surface area contributed by atoms with Gasteiger partial charge in [0.15, 0.2) is 0 Å². The van der Waals surface area contributed by atoms with Crippen molar-refractivity contribution in [3.8, 4) is 22.9 Å². The number of hydrogen-bond acceptors (Lipinski definition) is 5. The lowest BCUT2D eigenvalue weighted by atomic mass is 10.2. The highest BCUT2D eigenvalue weighted by molar-refractivity contribution is 5.97. The van der Waals surface area contributed by atoms with E-state index in [4.69, 9.17) is 14.7 Å². The number of para-hydroxylation sites is 1. The molecule has 0 spiro atoms. The molecule has 0 saturated carbocycles. The van der Waals surface area contributed by atoms with E-state index in [1.807, 2.05) is 54.6 Å². The van der Waals surface area contributed by atoms with E-state index in [2.05, 4.69) is 9.97 Å². The first kappa shape index (κ1) is 18.5. The third-order valence-corrected chi connectivity index (χ3v) is 4.34. The molecule has 0 radical (unpaired) electrons. The van der Waals surface area contributed by atoms with Crippen molar-refractivity contribution in [2.45, 2.75) is 0 Å². The number of aromatic amines is 1. The molecular weight excluding hydrogens is 370 g/mol. The maximum atomic E-state index is 11.5. The molecule has 29 heavy (non-hydrogen) atoms. The highest BCUT2D eigenvalue weighted by Gasteiger charge is 2.09. The van der Waals surface area contributed by atoms with E-state index in [1.165, 1.54) is 0 Å². The lowest BCUT2D eigenvalue weighted by Crippen LogP contribution is -2.18. The van der Waals surface area contributed by atoms with Gasteiger partial charge in [0.25, 0.3) is 5.91 Å². The van der Waals surface area contributed by atoms with Gasteiger partial charge in [-0.15, -0.1) is 0 Å². The fourth-order valence-corrected chi connectivity index (χ4v) is 2.90. The van der Waals surface area contributed by atoms with E-state index in [0.717, 1.165) is 22.6 Å². The van der Waals surface area contributed by atoms with Gasteiger partial charge in [-0.05, 0) is 54.6 Å². The van der Waals surface area contributed by atoms with Crippen molar-refractivity contribution in [2.24, 2.45) is 0 Å². The molecule has 4 rings (SSSR count). The van der Waals surface area contributed by atoms with Gasteiger partial charge < -0.3 is 14.5 Å². The Morgan fingerprint density at radius 1 is 0.931 bits per heavy atom. The predicted octanol–water partition coefficient (Wildman–Crippen LogP) is 3.81. The standard InChI is InChI=1S/C22H19N3O4/c26-22(25-27)16-8-11-19-20(14-16)24-21(23-19)15-6-9-18(10-7-15)29-13-12-28-17-4-2-1-3-5-17/h1-11,14,27H,12-13H2,(H,23,24)(H,25,26). The van der Waals surface area contributed by atoms with Gasteiger partial charge in [0.05, 0.1) is 11.0 Å². The van der Waals surface area contributed by atoms with E-state index in [-0.39, 0.29) is 0 Å². The molecule has 146 valence electrons. The largest absolute Gasteiger partial charge is 0.490 e. The van der Waals surface area contributed by atoms with Crippen LogP contribution in [0, 0.1) is 0 Å². The third kappa shape index (κ3) is 4.36. The van der Waals surface area contributed by atoms with Crippen LogP contribution >= 0.6 is 0 Å². The minimum Gasteiger partial charge on any atom is -0.490 e. The van der Waals surface area contributed by atoms with Crippen LogP contribution in [0.2, 0.25) is 0 Å². The molecule has 0 fully saturated rings. The summed E-state index contributed by atoms with van der Waals surface area (Å²) >= 11 is 0. The number of amides is 1. The smallest absolute Gasteiger partial charge is 0.274 e. The summed E-state index contributed by atoms with van der Waals surface area (Å²) in [7, 11) is 0. The number of fused-ring (bicyclic) bond motifs is 1. The summed E-state index contributed by atoms with van der Waals surface area (Å²) < 4.78 is 11.3. The molecule has 7 heteroatoms. The van der Waals surface area contributed by atoms with Crippen molar-refractivity contribution in [1.82, 2.24) is 15.4 Å². The van der Waals surface area contributed by atoms with E-state index >= 15 is 0 Å². The number of carbonyl (C=O) groups is 1. The molecule has 0 aliphatic carbocycles. The Hall–Kier alpha value is -3.84. The Labute approximate surface area is 166 Å². The van der Waals surface area contributed by atoms with Crippen molar-refractivity contribution < 1.29 is 19.5 Å². The monoisotopic (exact) mass is 389 g/mol. The Balaban J connectivity index is 1.39. The number of hydrogen-bond donors (Lipinski definition) is 3. The minimum absolute atomic E-state index is 0.344. The Bertz CT molecular complexity index is 1110. The van der Waals surface area contributed by atoms with Crippen molar-refractivity contribution in [3.63, 3.8) is 0 Å². The molecule has 0 atom stereocenters. The zero-order valence-electron chi connectivity index (χ0n) is 15.5.